The number of piperidine rings is 1. The molecule has 148 valence electrons. The average Bonchev–Trinajstić information content (AvgIpc) is 3.15. The SMILES string of the molecule is CN(c1ccccc1NC(=O)CCC1CCNCC1)C1CCCC1.Cl.Cl. The number of carbonyl (C=O) groups is 1. The number of para-hydroxylation sites is 2. The molecule has 1 amide bonds. The van der Waals surface area contributed by atoms with Gasteiger partial charge in [0.1, 0.15) is 0 Å². The molecular formula is C20H33Cl2N3O. The number of rotatable bonds is 6. The second kappa shape index (κ2) is 11.7. The van der Waals surface area contributed by atoms with Crippen molar-refractivity contribution in [2.45, 2.75) is 57.4 Å². The fraction of sp³-hybridized carbons (Fsp3) is 0.650. The molecule has 1 aromatic carbocycles. The number of benzene rings is 1. The van der Waals surface area contributed by atoms with Crippen molar-refractivity contribution in [2.75, 3.05) is 30.4 Å². The molecule has 1 saturated heterocycles. The molecule has 2 aliphatic rings. The van der Waals surface area contributed by atoms with Gasteiger partial charge in [0, 0.05) is 19.5 Å². The maximum atomic E-state index is 12.4. The third kappa shape index (κ3) is 6.33. The molecule has 4 nitrogen and oxygen atoms in total. The molecular weight excluding hydrogens is 369 g/mol. The molecule has 0 unspecified atom stereocenters. The zero-order valence-corrected chi connectivity index (χ0v) is 17.3. The van der Waals surface area contributed by atoms with Crippen molar-refractivity contribution in [3.05, 3.63) is 24.3 Å². The topological polar surface area (TPSA) is 44.4 Å². The molecule has 0 bridgehead atoms. The van der Waals surface area contributed by atoms with Crippen LogP contribution in [-0.4, -0.2) is 32.1 Å². The third-order valence-electron chi connectivity index (χ3n) is 5.67. The van der Waals surface area contributed by atoms with Crippen LogP contribution in [0.3, 0.4) is 0 Å². The van der Waals surface area contributed by atoms with Crippen LogP contribution in [-0.2, 0) is 4.79 Å². The summed E-state index contributed by atoms with van der Waals surface area (Å²) in [5.74, 6) is 0.856. The highest BCUT2D eigenvalue weighted by Crippen LogP contribution is 2.32. The molecule has 1 aliphatic carbocycles. The van der Waals surface area contributed by atoms with Gasteiger partial charge in [0.15, 0.2) is 0 Å². The monoisotopic (exact) mass is 401 g/mol. The van der Waals surface area contributed by atoms with E-state index in [4.69, 9.17) is 0 Å². The van der Waals surface area contributed by atoms with Crippen LogP contribution in [0.5, 0.6) is 0 Å². The lowest BCUT2D eigenvalue weighted by atomic mass is 9.93. The number of hydrogen-bond acceptors (Lipinski definition) is 3. The van der Waals surface area contributed by atoms with Crippen LogP contribution in [0.15, 0.2) is 24.3 Å². The maximum absolute atomic E-state index is 12.4. The first-order chi connectivity index (χ1) is 11.7. The van der Waals surface area contributed by atoms with E-state index in [1.54, 1.807) is 0 Å². The first-order valence-corrected chi connectivity index (χ1v) is 9.56. The van der Waals surface area contributed by atoms with Gasteiger partial charge in [0.05, 0.1) is 11.4 Å². The summed E-state index contributed by atoms with van der Waals surface area (Å²) in [6.45, 7) is 2.20. The second-order valence-electron chi connectivity index (χ2n) is 7.35. The van der Waals surface area contributed by atoms with Crippen molar-refractivity contribution in [1.29, 1.82) is 0 Å². The molecule has 1 heterocycles. The van der Waals surface area contributed by atoms with E-state index in [0.29, 0.717) is 18.4 Å². The zero-order chi connectivity index (χ0) is 16.8. The van der Waals surface area contributed by atoms with Gasteiger partial charge in [-0.1, -0.05) is 25.0 Å². The van der Waals surface area contributed by atoms with Crippen molar-refractivity contribution >= 4 is 42.1 Å². The summed E-state index contributed by atoms with van der Waals surface area (Å²) in [7, 11) is 2.16. The molecule has 1 saturated carbocycles. The minimum Gasteiger partial charge on any atom is -0.370 e. The Morgan fingerprint density at radius 3 is 2.46 bits per heavy atom. The first-order valence-electron chi connectivity index (χ1n) is 9.56. The molecule has 26 heavy (non-hydrogen) atoms. The van der Waals surface area contributed by atoms with Gasteiger partial charge in [-0.25, -0.2) is 0 Å². The van der Waals surface area contributed by atoms with Gasteiger partial charge in [-0.05, 0) is 63.2 Å². The molecule has 2 N–H and O–H groups in total. The Morgan fingerprint density at radius 2 is 1.77 bits per heavy atom. The maximum Gasteiger partial charge on any atom is 0.224 e. The highest BCUT2D eigenvalue weighted by atomic mass is 35.5. The lowest BCUT2D eigenvalue weighted by molar-refractivity contribution is -0.116. The fourth-order valence-corrected chi connectivity index (χ4v) is 4.09. The van der Waals surface area contributed by atoms with Crippen LogP contribution in [0.2, 0.25) is 0 Å². The van der Waals surface area contributed by atoms with Gasteiger partial charge in [-0.15, -0.1) is 24.8 Å². The molecule has 6 heteroatoms. The van der Waals surface area contributed by atoms with Gasteiger partial charge >= 0.3 is 0 Å². The predicted molar refractivity (Wildman–Crippen MR) is 115 cm³/mol. The first kappa shape index (κ1) is 23.1. The molecule has 0 radical (unpaired) electrons. The van der Waals surface area contributed by atoms with Crippen molar-refractivity contribution in [2.24, 2.45) is 5.92 Å². The quantitative estimate of drug-likeness (QED) is 0.730. The van der Waals surface area contributed by atoms with Crippen LogP contribution >= 0.6 is 24.8 Å². The van der Waals surface area contributed by atoms with Crippen LogP contribution in [0.1, 0.15) is 51.4 Å². The average molecular weight is 402 g/mol. The highest BCUT2D eigenvalue weighted by molar-refractivity contribution is 5.94. The van der Waals surface area contributed by atoms with Crippen LogP contribution in [0.25, 0.3) is 0 Å². The molecule has 2 fully saturated rings. The van der Waals surface area contributed by atoms with E-state index >= 15 is 0 Å². The number of carbonyl (C=O) groups excluding carboxylic acids is 1. The number of nitrogens with zero attached hydrogens (tertiary/aromatic N) is 1. The summed E-state index contributed by atoms with van der Waals surface area (Å²) < 4.78 is 0. The zero-order valence-electron chi connectivity index (χ0n) is 15.7. The van der Waals surface area contributed by atoms with Crippen molar-refractivity contribution < 1.29 is 4.79 Å². The van der Waals surface area contributed by atoms with E-state index < -0.39 is 0 Å². The Bertz CT molecular complexity index is 544. The normalized spacial score (nSPS) is 17.9. The molecule has 1 aliphatic heterocycles. The van der Waals surface area contributed by atoms with Gasteiger partial charge in [-0.3, -0.25) is 4.79 Å². The summed E-state index contributed by atoms with van der Waals surface area (Å²) in [5.41, 5.74) is 2.11. The number of amides is 1. The van der Waals surface area contributed by atoms with Gasteiger partial charge in [0.25, 0.3) is 0 Å². The highest BCUT2D eigenvalue weighted by Gasteiger charge is 2.22. The van der Waals surface area contributed by atoms with E-state index in [9.17, 15) is 4.79 Å². The minimum absolute atomic E-state index is 0. The lowest BCUT2D eigenvalue weighted by Crippen LogP contribution is -2.30. The number of anilines is 2. The number of hydrogen-bond donors (Lipinski definition) is 2. The number of nitrogens with one attached hydrogen (secondary N) is 2. The Labute approximate surface area is 170 Å². The van der Waals surface area contributed by atoms with E-state index in [1.165, 1.54) is 38.5 Å². The largest absolute Gasteiger partial charge is 0.370 e. The van der Waals surface area contributed by atoms with Crippen molar-refractivity contribution in [3.8, 4) is 0 Å². The molecule has 1 aromatic rings. The van der Waals surface area contributed by atoms with E-state index in [2.05, 4.69) is 34.7 Å². The van der Waals surface area contributed by atoms with Crippen molar-refractivity contribution in [1.82, 2.24) is 5.32 Å². The summed E-state index contributed by atoms with van der Waals surface area (Å²) in [4.78, 5) is 14.8. The lowest BCUT2D eigenvalue weighted by Gasteiger charge is -2.28. The second-order valence-corrected chi connectivity index (χ2v) is 7.35. The van der Waals surface area contributed by atoms with Crippen LogP contribution < -0.4 is 15.5 Å². The molecule has 3 rings (SSSR count). The van der Waals surface area contributed by atoms with E-state index in [0.717, 1.165) is 30.9 Å². The minimum atomic E-state index is 0. The summed E-state index contributed by atoms with van der Waals surface area (Å²) in [6, 6.07) is 8.84. The van der Waals surface area contributed by atoms with Crippen molar-refractivity contribution in [3.63, 3.8) is 0 Å². The smallest absolute Gasteiger partial charge is 0.224 e. The Hall–Kier alpha value is -0.970. The fourth-order valence-electron chi connectivity index (χ4n) is 4.09. The number of halogens is 2. The van der Waals surface area contributed by atoms with Gasteiger partial charge < -0.3 is 15.5 Å². The van der Waals surface area contributed by atoms with Crippen LogP contribution in [0.4, 0.5) is 11.4 Å². The molecule has 0 aromatic heterocycles. The summed E-state index contributed by atoms with van der Waals surface area (Å²) in [6.07, 6.45) is 9.20. The third-order valence-corrected chi connectivity index (χ3v) is 5.67. The van der Waals surface area contributed by atoms with Gasteiger partial charge in [-0.2, -0.15) is 0 Å². The van der Waals surface area contributed by atoms with E-state index in [1.807, 2.05) is 12.1 Å². The predicted octanol–water partition coefficient (Wildman–Crippen LogP) is 4.63. The van der Waals surface area contributed by atoms with E-state index in [-0.39, 0.29) is 30.7 Å². The Morgan fingerprint density at radius 1 is 1.12 bits per heavy atom. The molecule has 0 spiro atoms. The Kier molecular flexibility index (Phi) is 10.4. The summed E-state index contributed by atoms with van der Waals surface area (Å²) >= 11 is 0. The van der Waals surface area contributed by atoms with Gasteiger partial charge in [0.2, 0.25) is 5.91 Å². The standard InChI is InChI=1S/C20H31N3O.2ClH/c1-23(17-6-2-3-7-17)19-9-5-4-8-18(19)22-20(24)11-10-16-12-14-21-15-13-16;;/h4-5,8-9,16-17,21H,2-3,6-7,10-15H2,1H3,(H,22,24);2*1H. The van der Waals surface area contributed by atoms with Crippen LogP contribution in [0, 0.1) is 5.92 Å². The summed E-state index contributed by atoms with van der Waals surface area (Å²) in [5, 5.41) is 6.54. The Balaban J connectivity index is 0.00000169. The molecule has 0 atom stereocenters.